The summed E-state index contributed by atoms with van der Waals surface area (Å²) in [7, 11) is 0. The zero-order chi connectivity index (χ0) is 17.2. The Balaban J connectivity index is 1.71. The van der Waals surface area contributed by atoms with E-state index in [0.29, 0.717) is 18.6 Å². The third-order valence-electron chi connectivity index (χ3n) is 4.61. The fraction of sp³-hybridized carbons (Fsp3) is 0.368. The van der Waals surface area contributed by atoms with Gasteiger partial charge in [0.2, 0.25) is 0 Å². The molecule has 2 aromatic rings. The normalized spacial score (nSPS) is 16.9. The van der Waals surface area contributed by atoms with Crippen LogP contribution in [0.1, 0.15) is 32.6 Å². The topological polar surface area (TPSA) is 75.6 Å². The van der Waals surface area contributed by atoms with Gasteiger partial charge in [-0.05, 0) is 37.6 Å². The van der Waals surface area contributed by atoms with E-state index >= 15 is 0 Å². The van der Waals surface area contributed by atoms with Crippen LogP contribution in [0.15, 0.2) is 42.5 Å². The van der Waals surface area contributed by atoms with Gasteiger partial charge in [-0.25, -0.2) is 0 Å². The second kappa shape index (κ2) is 6.51. The molecule has 0 saturated heterocycles. The highest BCUT2D eigenvalue weighted by Crippen LogP contribution is 2.35. The number of hydrogen-bond donors (Lipinski definition) is 2. The second-order valence-electron chi connectivity index (χ2n) is 6.43. The number of benzene rings is 2. The molecule has 1 fully saturated rings. The fourth-order valence-corrected chi connectivity index (χ4v) is 3.14. The van der Waals surface area contributed by atoms with Gasteiger partial charge in [0.1, 0.15) is 5.75 Å². The van der Waals surface area contributed by atoms with Crippen LogP contribution in [-0.2, 0) is 9.59 Å². The van der Waals surface area contributed by atoms with E-state index in [1.54, 1.807) is 6.92 Å². The lowest BCUT2D eigenvalue weighted by Gasteiger charge is -2.42. The van der Waals surface area contributed by atoms with Crippen molar-refractivity contribution >= 4 is 22.6 Å². The standard InChI is InChI=1S/C19H21NO4/c1-13(18(23)20-19(10-5-11-19)12-17(21)22)24-16-9-4-7-14-6-2-3-8-15(14)16/h2-4,6-9,13H,5,10-12H2,1H3,(H,20,23)(H,21,22). The molecule has 0 aromatic heterocycles. The van der Waals surface area contributed by atoms with E-state index in [-0.39, 0.29) is 12.3 Å². The van der Waals surface area contributed by atoms with Crippen LogP contribution in [0.2, 0.25) is 0 Å². The van der Waals surface area contributed by atoms with E-state index in [1.165, 1.54) is 0 Å². The van der Waals surface area contributed by atoms with Crippen LogP contribution in [0.25, 0.3) is 10.8 Å². The van der Waals surface area contributed by atoms with E-state index < -0.39 is 17.6 Å². The summed E-state index contributed by atoms with van der Waals surface area (Å²) in [5, 5.41) is 13.9. The molecule has 0 aliphatic heterocycles. The van der Waals surface area contributed by atoms with Gasteiger partial charge in [-0.3, -0.25) is 9.59 Å². The molecule has 1 aliphatic rings. The zero-order valence-corrected chi connectivity index (χ0v) is 13.6. The molecule has 24 heavy (non-hydrogen) atoms. The molecule has 2 aromatic carbocycles. The maximum atomic E-state index is 12.4. The lowest BCUT2D eigenvalue weighted by atomic mass is 9.74. The smallest absolute Gasteiger partial charge is 0.305 e. The molecule has 0 bridgehead atoms. The van der Waals surface area contributed by atoms with E-state index in [9.17, 15) is 9.59 Å². The third kappa shape index (κ3) is 3.35. The summed E-state index contributed by atoms with van der Waals surface area (Å²) in [6.45, 7) is 1.68. The molecule has 0 radical (unpaired) electrons. The first kappa shape index (κ1) is 16.3. The number of carboxylic acids is 1. The number of aliphatic carboxylic acids is 1. The van der Waals surface area contributed by atoms with Crippen LogP contribution in [0.3, 0.4) is 0 Å². The molecule has 3 rings (SSSR count). The minimum absolute atomic E-state index is 0.0419. The summed E-state index contributed by atoms with van der Waals surface area (Å²) >= 11 is 0. The number of amides is 1. The van der Waals surface area contributed by atoms with E-state index in [4.69, 9.17) is 9.84 Å². The Morgan fingerprint density at radius 1 is 1.21 bits per heavy atom. The monoisotopic (exact) mass is 327 g/mol. The lowest BCUT2D eigenvalue weighted by molar-refractivity contribution is -0.141. The van der Waals surface area contributed by atoms with Crippen LogP contribution >= 0.6 is 0 Å². The molecule has 1 aliphatic carbocycles. The highest BCUT2D eigenvalue weighted by Gasteiger charge is 2.41. The minimum atomic E-state index is -0.891. The van der Waals surface area contributed by atoms with Crippen molar-refractivity contribution in [2.75, 3.05) is 0 Å². The zero-order valence-electron chi connectivity index (χ0n) is 13.6. The van der Waals surface area contributed by atoms with Crippen molar-refractivity contribution in [1.82, 2.24) is 5.32 Å². The van der Waals surface area contributed by atoms with Crippen LogP contribution in [0.5, 0.6) is 5.75 Å². The molecular weight excluding hydrogens is 306 g/mol. The molecule has 5 nitrogen and oxygen atoms in total. The molecule has 1 amide bonds. The highest BCUT2D eigenvalue weighted by atomic mass is 16.5. The van der Waals surface area contributed by atoms with Gasteiger partial charge in [-0.15, -0.1) is 0 Å². The van der Waals surface area contributed by atoms with Crippen molar-refractivity contribution in [3.63, 3.8) is 0 Å². The number of hydrogen-bond acceptors (Lipinski definition) is 3. The van der Waals surface area contributed by atoms with Crippen molar-refractivity contribution < 1.29 is 19.4 Å². The van der Waals surface area contributed by atoms with Crippen LogP contribution in [0, 0.1) is 0 Å². The first-order valence-corrected chi connectivity index (χ1v) is 8.17. The first-order valence-electron chi connectivity index (χ1n) is 8.17. The SMILES string of the molecule is CC(Oc1cccc2ccccc12)C(=O)NC1(CC(=O)O)CCC1. The Bertz CT molecular complexity index is 762. The molecule has 1 atom stereocenters. The van der Waals surface area contributed by atoms with Crippen molar-refractivity contribution in [3.05, 3.63) is 42.5 Å². The average Bonchev–Trinajstić information content (AvgIpc) is 2.52. The Morgan fingerprint density at radius 2 is 1.92 bits per heavy atom. The molecule has 5 heteroatoms. The van der Waals surface area contributed by atoms with E-state index in [0.717, 1.165) is 17.2 Å². The van der Waals surface area contributed by atoms with Gasteiger partial charge >= 0.3 is 5.97 Å². The molecule has 0 heterocycles. The van der Waals surface area contributed by atoms with Crippen molar-refractivity contribution in [1.29, 1.82) is 0 Å². The van der Waals surface area contributed by atoms with Gasteiger partial charge in [0.15, 0.2) is 6.10 Å². The van der Waals surface area contributed by atoms with Crippen molar-refractivity contribution in [2.24, 2.45) is 0 Å². The number of carboxylic acid groups (broad SMARTS) is 1. The molecule has 1 saturated carbocycles. The fourth-order valence-electron chi connectivity index (χ4n) is 3.14. The lowest BCUT2D eigenvalue weighted by Crippen LogP contribution is -2.57. The molecular formula is C19H21NO4. The summed E-state index contributed by atoms with van der Waals surface area (Å²) in [5.74, 6) is -0.516. The van der Waals surface area contributed by atoms with Gasteiger partial charge in [0.25, 0.3) is 5.91 Å². The summed E-state index contributed by atoms with van der Waals surface area (Å²) in [6, 6.07) is 13.5. The number of carbonyl (C=O) groups is 2. The van der Waals surface area contributed by atoms with Crippen LogP contribution < -0.4 is 10.1 Å². The number of nitrogens with one attached hydrogen (secondary N) is 1. The minimum Gasteiger partial charge on any atom is -0.481 e. The van der Waals surface area contributed by atoms with Crippen LogP contribution in [-0.4, -0.2) is 28.6 Å². The maximum absolute atomic E-state index is 12.4. The largest absolute Gasteiger partial charge is 0.481 e. The molecule has 1 unspecified atom stereocenters. The number of fused-ring (bicyclic) bond motifs is 1. The number of carbonyl (C=O) groups excluding carboxylic acids is 1. The van der Waals surface area contributed by atoms with Gasteiger partial charge in [0, 0.05) is 5.39 Å². The Hall–Kier alpha value is -2.56. The second-order valence-corrected chi connectivity index (χ2v) is 6.43. The third-order valence-corrected chi connectivity index (χ3v) is 4.61. The van der Waals surface area contributed by atoms with Gasteiger partial charge < -0.3 is 15.2 Å². The van der Waals surface area contributed by atoms with E-state index in [1.807, 2.05) is 42.5 Å². The molecule has 126 valence electrons. The first-order chi connectivity index (χ1) is 11.5. The van der Waals surface area contributed by atoms with Crippen LogP contribution in [0.4, 0.5) is 0 Å². The summed E-state index contributed by atoms with van der Waals surface area (Å²) in [5.41, 5.74) is -0.612. The predicted octanol–water partition coefficient (Wildman–Crippen LogP) is 3.12. The summed E-state index contributed by atoms with van der Waals surface area (Å²) < 4.78 is 5.85. The molecule has 0 spiro atoms. The highest BCUT2D eigenvalue weighted by molar-refractivity contribution is 5.89. The predicted molar refractivity (Wildman–Crippen MR) is 91.0 cm³/mol. The summed E-state index contributed by atoms with van der Waals surface area (Å²) in [6.07, 6.45) is 1.60. The van der Waals surface area contributed by atoms with Crippen molar-refractivity contribution in [2.45, 2.75) is 44.2 Å². The summed E-state index contributed by atoms with van der Waals surface area (Å²) in [4.78, 5) is 23.5. The molecule has 2 N–H and O–H groups in total. The van der Waals surface area contributed by atoms with Gasteiger partial charge in [-0.1, -0.05) is 36.4 Å². The Morgan fingerprint density at radius 3 is 2.58 bits per heavy atom. The average molecular weight is 327 g/mol. The quantitative estimate of drug-likeness (QED) is 0.855. The van der Waals surface area contributed by atoms with Gasteiger partial charge in [0.05, 0.1) is 12.0 Å². The van der Waals surface area contributed by atoms with Gasteiger partial charge in [-0.2, -0.15) is 0 Å². The number of rotatable bonds is 6. The Labute approximate surface area is 140 Å². The Kier molecular flexibility index (Phi) is 4.42. The maximum Gasteiger partial charge on any atom is 0.305 e. The van der Waals surface area contributed by atoms with E-state index in [2.05, 4.69) is 5.32 Å². The van der Waals surface area contributed by atoms with Crippen molar-refractivity contribution in [3.8, 4) is 5.75 Å². The number of ether oxygens (including phenoxy) is 1.